The van der Waals surface area contributed by atoms with E-state index in [1.165, 1.54) is 16.7 Å². The fraction of sp³-hybridized carbons (Fsp3) is 0.541. The first-order valence-corrected chi connectivity index (χ1v) is 18.0. The van der Waals surface area contributed by atoms with Crippen LogP contribution in [-0.2, 0) is 35.1 Å². The molecule has 274 valence electrons. The number of para-hydroxylation sites is 1. The Hall–Kier alpha value is -4.10. The highest BCUT2D eigenvalue weighted by atomic mass is 32.2. The van der Waals surface area contributed by atoms with Gasteiger partial charge < -0.3 is 36.1 Å². The maximum Gasteiger partial charge on any atom is 0.306 e. The number of nitrogens with one attached hydrogen (secondary N) is 3. The number of amides is 4. The van der Waals surface area contributed by atoms with Gasteiger partial charge in [0.2, 0.25) is 17.9 Å². The molecule has 2 aromatic rings. The van der Waals surface area contributed by atoms with Gasteiger partial charge in [0.15, 0.2) is 6.61 Å². The van der Waals surface area contributed by atoms with Crippen molar-refractivity contribution in [3.8, 4) is 5.75 Å². The summed E-state index contributed by atoms with van der Waals surface area (Å²) in [4.78, 5) is 68.7. The highest BCUT2D eigenvalue weighted by Crippen LogP contribution is 2.40. The first kappa shape index (κ1) is 40.3. The SMILES string of the molecule is Cc1cccc(C)c1OCC(=O)N[C@@H](Cc1ccccc1)[C@H](OC(=O)CCCC(=O)NCCN)C(=O)N1CSC(C)(C)[C@H]1C(=O)NC(C)(C)C. The molecule has 5 N–H and O–H groups in total. The standard InChI is InChI=1S/C37H53N5O7S/c1-24-13-11-14-25(2)31(24)48-22-29(44)40-27(21-26-15-9-8-10-16-26)32(49-30(45)18-12-17-28(43)39-20-19-38)35(47)42-23-50-37(6,7)33(42)34(46)41-36(3,4)5/h8-11,13-16,27,32-33H,12,17-23,38H2,1-7H3,(H,39,43)(H,40,44)(H,41,46)/t27-,32-,33+/m0/s1. The van der Waals surface area contributed by atoms with Crippen LogP contribution in [0, 0.1) is 13.8 Å². The molecule has 12 nitrogen and oxygen atoms in total. The van der Waals surface area contributed by atoms with Crippen LogP contribution < -0.4 is 26.4 Å². The van der Waals surface area contributed by atoms with Crippen molar-refractivity contribution in [2.45, 2.75) is 103 Å². The van der Waals surface area contributed by atoms with Gasteiger partial charge >= 0.3 is 5.97 Å². The van der Waals surface area contributed by atoms with Crippen LogP contribution >= 0.6 is 11.8 Å². The first-order chi connectivity index (χ1) is 23.5. The van der Waals surface area contributed by atoms with E-state index < -0.39 is 46.3 Å². The summed E-state index contributed by atoms with van der Waals surface area (Å²) in [6, 6.07) is 13.0. The highest BCUT2D eigenvalue weighted by molar-refractivity contribution is 8.00. The third-order valence-corrected chi connectivity index (χ3v) is 9.47. The number of benzene rings is 2. The summed E-state index contributed by atoms with van der Waals surface area (Å²) in [5.74, 6) is -1.67. The van der Waals surface area contributed by atoms with E-state index >= 15 is 0 Å². The highest BCUT2D eigenvalue weighted by Gasteiger charge is 2.51. The molecule has 2 aromatic carbocycles. The molecule has 0 spiro atoms. The number of carbonyl (C=O) groups excluding carboxylic acids is 5. The van der Waals surface area contributed by atoms with Gasteiger partial charge in [0.1, 0.15) is 11.8 Å². The number of nitrogens with two attached hydrogens (primary N) is 1. The average Bonchev–Trinajstić information content (AvgIpc) is 3.36. The zero-order valence-electron chi connectivity index (χ0n) is 30.3. The van der Waals surface area contributed by atoms with Crippen LogP contribution in [0.4, 0.5) is 0 Å². The van der Waals surface area contributed by atoms with Crippen LogP contribution in [0.25, 0.3) is 0 Å². The summed E-state index contributed by atoms with van der Waals surface area (Å²) in [6.07, 6.45) is -1.24. The molecule has 0 radical (unpaired) electrons. The Kier molecular flexibility index (Phi) is 14.7. The van der Waals surface area contributed by atoms with Crippen molar-refractivity contribution in [3.05, 3.63) is 65.2 Å². The largest absolute Gasteiger partial charge is 0.483 e. The zero-order chi connectivity index (χ0) is 37.1. The second-order valence-electron chi connectivity index (χ2n) is 14.1. The molecule has 0 saturated carbocycles. The first-order valence-electron chi connectivity index (χ1n) is 17.0. The van der Waals surface area contributed by atoms with Gasteiger partial charge in [-0.15, -0.1) is 11.8 Å². The number of hydrogen-bond acceptors (Lipinski definition) is 9. The third kappa shape index (κ3) is 12.0. The van der Waals surface area contributed by atoms with E-state index in [2.05, 4.69) is 16.0 Å². The fourth-order valence-corrected chi connectivity index (χ4v) is 6.87. The molecule has 1 fully saturated rings. The second-order valence-corrected chi connectivity index (χ2v) is 15.7. The van der Waals surface area contributed by atoms with E-state index in [9.17, 15) is 24.0 Å². The molecular formula is C37H53N5O7S. The second kappa shape index (κ2) is 18.2. The molecule has 3 atom stereocenters. The summed E-state index contributed by atoms with van der Waals surface area (Å²) >= 11 is 1.44. The van der Waals surface area contributed by atoms with Crippen molar-refractivity contribution in [2.24, 2.45) is 5.73 Å². The predicted molar refractivity (Wildman–Crippen MR) is 194 cm³/mol. The van der Waals surface area contributed by atoms with Crippen molar-refractivity contribution in [3.63, 3.8) is 0 Å². The maximum absolute atomic E-state index is 14.6. The summed E-state index contributed by atoms with van der Waals surface area (Å²) < 4.78 is 11.2. The number of aryl methyl sites for hydroxylation is 2. The fourth-order valence-electron chi connectivity index (χ4n) is 5.73. The molecular weight excluding hydrogens is 659 g/mol. The summed E-state index contributed by atoms with van der Waals surface area (Å²) in [5.41, 5.74) is 7.42. The minimum Gasteiger partial charge on any atom is -0.483 e. The van der Waals surface area contributed by atoms with Crippen LogP contribution in [0.5, 0.6) is 5.75 Å². The Morgan fingerprint density at radius 2 is 1.64 bits per heavy atom. The number of thioether (sulfide) groups is 1. The average molecular weight is 712 g/mol. The van der Waals surface area contributed by atoms with Crippen molar-refractivity contribution >= 4 is 41.4 Å². The molecule has 0 aliphatic carbocycles. The molecule has 0 bridgehead atoms. The van der Waals surface area contributed by atoms with Gasteiger partial charge in [-0.25, -0.2) is 0 Å². The minimum atomic E-state index is -1.49. The number of hydrogen-bond donors (Lipinski definition) is 4. The van der Waals surface area contributed by atoms with Gasteiger partial charge in [0, 0.05) is 36.2 Å². The topological polar surface area (TPSA) is 169 Å². The Morgan fingerprint density at radius 3 is 2.26 bits per heavy atom. The lowest BCUT2D eigenvalue weighted by atomic mass is 9.96. The number of esters is 1. The maximum atomic E-state index is 14.6. The zero-order valence-corrected chi connectivity index (χ0v) is 31.1. The van der Waals surface area contributed by atoms with E-state index in [0.717, 1.165) is 16.7 Å². The van der Waals surface area contributed by atoms with Crippen LogP contribution in [0.1, 0.15) is 70.6 Å². The molecule has 3 rings (SSSR count). The number of ether oxygens (including phenoxy) is 2. The van der Waals surface area contributed by atoms with Crippen molar-refractivity contribution in [1.82, 2.24) is 20.9 Å². The van der Waals surface area contributed by atoms with Gasteiger partial charge in [0.25, 0.3) is 11.8 Å². The van der Waals surface area contributed by atoms with Gasteiger partial charge in [0.05, 0.1) is 11.9 Å². The van der Waals surface area contributed by atoms with Crippen LogP contribution in [0.2, 0.25) is 0 Å². The summed E-state index contributed by atoms with van der Waals surface area (Å²) in [6.45, 7) is 13.4. The molecule has 0 aromatic heterocycles. The van der Waals surface area contributed by atoms with Crippen LogP contribution in [-0.4, -0.2) is 88.5 Å². The lowest BCUT2D eigenvalue weighted by molar-refractivity contribution is -0.164. The summed E-state index contributed by atoms with van der Waals surface area (Å²) in [7, 11) is 0. The van der Waals surface area contributed by atoms with Gasteiger partial charge in [-0.3, -0.25) is 24.0 Å². The Labute approximate surface area is 300 Å². The van der Waals surface area contributed by atoms with E-state index in [0.29, 0.717) is 18.8 Å². The summed E-state index contributed by atoms with van der Waals surface area (Å²) in [5, 5.41) is 8.57. The Bertz CT molecular complexity index is 1470. The molecule has 50 heavy (non-hydrogen) atoms. The van der Waals surface area contributed by atoms with E-state index in [1.807, 2.05) is 97.0 Å². The molecule has 1 heterocycles. The number of nitrogens with zero attached hydrogens (tertiary/aromatic N) is 1. The molecule has 4 amide bonds. The Morgan fingerprint density at radius 1 is 0.980 bits per heavy atom. The van der Waals surface area contributed by atoms with Gasteiger partial charge in [-0.1, -0.05) is 48.5 Å². The quantitative estimate of drug-likeness (QED) is 0.191. The lowest BCUT2D eigenvalue weighted by Crippen LogP contribution is -2.61. The number of rotatable bonds is 16. The Balaban J connectivity index is 1.95. The predicted octanol–water partition coefficient (Wildman–Crippen LogP) is 3.16. The van der Waals surface area contributed by atoms with Gasteiger partial charge in [-0.05, 0) is 78.0 Å². The van der Waals surface area contributed by atoms with Gasteiger partial charge in [-0.2, -0.15) is 0 Å². The number of carbonyl (C=O) groups is 5. The van der Waals surface area contributed by atoms with Crippen molar-refractivity contribution < 1.29 is 33.4 Å². The molecule has 13 heteroatoms. The molecule has 1 aliphatic heterocycles. The van der Waals surface area contributed by atoms with Crippen LogP contribution in [0.15, 0.2) is 48.5 Å². The molecule has 1 aliphatic rings. The van der Waals surface area contributed by atoms with E-state index in [-0.39, 0.29) is 50.0 Å². The van der Waals surface area contributed by atoms with Crippen LogP contribution in [0.3, 0.4) is 0 Å². The minimum absolute atomic E-state index is 0.0690. The molecule has 0 unspecified atom stereocenters. The third-order valence-electron chi connectivity index (χ3n) is 8.10. The molecule has 1 saturated heterocycles. The lowest BCUT2D eigenvalue weighted by Gasteiger charge is -2.36. The van der Waals surface area contributed by atoms with Crippen molar-refractivity contribution in [2.75, 3.05) is 25.6 Å². The normalized spacial score (nSPS) is 16.6. The smallest absolute Gasteiger partial charge is 0.306 e. The van der Waals surface area contributed by atoms with E-state index in [1.54, 1.807) is 0 Å². The van der Waals surface area contributed by atoms with E-state index in [4.69, 9.17) is 15.2 Å². The van der Waals surface area contributed by atoms with Crippen molar-refractivity contribution in [1.29, 1.82) is 0 Å². The monoisotopic (exact) mass is 711 g/mol.